The van der Waals surface area contributed by atoms with Crippen molar-refractivity contribution < 1.29 is 12.8 Å². The van der Waals surface area contributed by atoms with Crippen LogP contribution in [0.2, 0.25) is 0 Å². The topological polar surface area (TPSA) is 34.1 Å². The van der Waals surface area contributed by atoms with Crippen LogP contribution in [0.5, 0.6) is 0 Å². The van der Waals surface area contributed by atoms with E-state index in [1.165, 1.54) is 0 Å². The molecule has 4 heteroatoms. The van der Waals surface area contributed by atoms with Crippen LogP contribution in [0.1, 0.15) is 19.3 Å². The van der Waals surface area contributed by atoms with Gasteiger partial charge in [0.15, 0.2) is 9.84 Å². The summed E-state index contributed by atoms with van der Waals surface area (Å²) >= 11 is 0. The second-order valence-corrected chi connectivity index (χ2v) is 5.64. The Morgan fingerprint density at radius 3 is 2.58 bits per heavy atom. The third-order valence-corrected chi connectivity index (χ3v) is 3.85. The van der Waals surface area contributed by atoms with Crippen LogP contribution in [-0.2, 0) is 9.84 Å². The van der Waals surface area contributed by atoms with E-state index in [4.69, 9.17) is 0 Å². The van der Waals surface area contributed by atoms with E-state index in [9.17, 15) is 12.8 Å². The fourth-order valence-electron chi connectivity index (χ4n) is 1.52. The van der Waals surface area contributed by atoms with E-state index in [-0.39, 0.29) is 6.42 Å². The molecular formula is C8H13FO2S. The van der Waals surface area contributed by atoms with Crippen LogP contribution in [0.25, 0.3) is 0 Å². The fraction of sp³-hybridized carbons (Fsp3) is 0.750. The van der Waals surface area contributed by atoms with Gasteiger partial charge in [-0.2, -0.15) is 0 Å². The third kappa shape index (κ3) is 2.06. The average molecular weight is 192 g/mol. The Morgan fingerprint density at radius 1 is 1.58 bits per heavy atom. The van der Waals surface area contributed by atoms with E-state index < -0.39 is 21.3 Å². The molecule has 0 aromatic carbocycles. The molecule has 0 radical (unpaired) electrons. The highest BCUT2D eigenvalue weighted by molar-refractivity contribution is 7.91. The lowest BCUT2D eigenvalue weighted by molar-refractivity contribution is 0.286. The van der Waals surface area contributed by atoms with Crippen LogP contribution < -0.4 is 0 Å². The van der Waals surface area contributed by atoms with Crippen molar-refractivity contribution in [3.8, 4) is 0 Å². The standard InChI is InChI=1S/C8H13FO2S/c1-6-3-4-8(7(9)5-6)12(2,10)11/h7-8H,1,3-5H2,2H3. The largest absolute Gasteiger partial charge is 0.246 e. The van der Waals surface area contributed by atoms with Crippen LogP contribution in [0, 0.1) is 0 Å². The van der Waals surface area contributed by atoms with E-state index in [1.54, 1.807) is 0 Å². The first-order valence-electron chi connectivity index (χ1n) is 3.91. The van der Waals surface area contributed by atoms with Gasteiger partial charge in [-0.25, -0.2) is 12.8 Å². The Morgan fingerprint density at radius 2 is 2.17 bits per heavy atom. The summed E-state index contributed by atoms with van der Waals surface area (Å²) in [6.07, 6.45) is 1.08. The minimum atomic E-state index is -3.21. The summed E-state index contributed by atoms with van der Waals surface area (Å²) in [4.78, 5) is 0. The van der Waals surface area contributed by atoms with Crippen molar-refractivity contribution in [2.75, 3.05) is 6.26 Å². The maximum atomic E-state index is 13.2. The third-order valence-electron chi connectivity index (χ3n) is 2.22. The monoisotopic (exact) mass is 192 g/mol. The number of hydrogen-bond acceptors (Lipinski definition) is 2. The first kappa shape index (κ1) is 9.71. The molecule has 0 aliphatic heterocycles. The predicted octanol–water partition coefficient (Wildman–Crippen LogP) is 1.48. The number of hydrogen-bond donors (Lipinski definition) is 0. The highest BCUT2D eigenvalue weighted by Crippen LogP contribution is 2.28. The molecule has 70 valence electrons. The second-order valence-electron chi connectivity index (χ2n) is 3.38. The fourth-order valence-corrected chi connectivity index (χ4v) is 2.70. The van der Waals surface area contributed by atoms with E-state index >= 15 is 0 Å². The second kappa shape index (κ2) is 3.17. The lowest BCUT2D eigenvalue weighted by Crippen LogP contribution is -2.34. The molecule has 2 unspecified atom stereocenters. The Bertz CT molecular complexity index is 281. The summed E-state index contributed by atoms with van der Waals surface area (Å²) in [7, 11) is -3.21. The van der Waals surface area contributed by atoms with Crippen molar-refractivity contribution in [3.05, 3.63) is 12.2 Å². The van der Waals surface area contributed by atoms with Gasteiger partial charge in [0.05, 0.1) is 5.25 Å². The molecule has 2 nitrogen and oxygen atoms in total. The number of rotatable bonds is 1. The molecular weight excluding hydrogens is 179 g/mol. The Labute approximate surface area is 72.4 Å². The maximum absolute atomic E-state index is 13.2. The van der Waals surface area contributed by atoms with Crippen molar-refractivity contribution >= 4 is 9.84 Å². The van der Waals surface area contributed by atoms with Gasteiger partial charge in [-0.05, 0) is 12.8 Å². The normalized spacial score (nSPS) is 32.0. The molecule has 0 bridgehead atoms. The molecule has 0 saturated heterocycles. The van der Waals surface area contributed by atoms with Crippen molar-refractivity contribution in [2.45, 2.75) is 30.7 Å². The summed E-state index contributed by atoms with van der Waals surface area (Å²) in [5.41, 5.74) is 0.822. The minimum absolute atomic E-state index is 0.206. The molecule has 1 aliphatic rings. The Hall–Kier alpha value is -0.380. The molecule has 1 rings (SSSR count). The molecule has 0 heterocycles. The summed E-state index contributed by atoms with van der Waals surface area (Å²) < 4.78 is 35.2. The van der Waals surface area contributed by atoms with Gasteiger partial charge in [-0.3, -0.25) is 0 Å². The molecule has 0 N–H and O–H groups in total. The zero-order chi connectivity index (χ0) is 9.35. The van der Waals surface area contributed by atoms with Crippen molar-refractivity contribution in [2.24, 2.45) is 0 Å². The van der Waals surface area contributed by atoms with Crippen LogP contribution >= 0.6 is 0 Å². The predicted molar refractivity (Wildman–Crippen MR) is 46.5 cm³/mol. The number of allylic oxidation sites excluding steroid dienone is 1. The van der Waals surface area contributed by atoms with Crippen LogP contribution in [0.15, 0.2) is 12.2 Å². The number of halogens is 1. The summed E-state index contributed by atoms with van der Waals surface area (Å²) in [6.45, 7) is 3.65. The molecule has 1 saturated carbocycles. The van der Waals surface area contributed by atoms with Crippen LogP contribution in [0.3, 0.4) is 0 Å². The van der Waals surface area contributed by atoms with Crippen LogP contribution in [0.4, 0.5) is 4.39 Å². The van der Waals surface area contributed by atoms with Gasteiger partial charge in [-0.1, -0.05) is 12.2 Å². The first-order chi connectivity index (χ1) is 5.41. The SMILES string of the molecule is C=C1CCC(S(C)(=O)=O)C(F)C1. The highest BCUT2D eigenvalue weighted by atomic mass is 32.2. The molecule has 0 spiro atoms. The van der Waals surface area contributed by atoms with Gasteiger partial charge in [0.1, 0.15) is 6.17 Å². The Balaban J connectivity index is 2.76. The maximum Gasteiger partial charge on any atom is 0.153 e. The lowest BCUT2D eigenvalue weighted by atomic mass is 9.94. The van der Waals surface area contributed by atoms with Gasteiger partial charge < -0.3 is 0 Å². The van der Waals surface area contributed by atoms with Crippen molar-refractivity contribution in [1.82, 2.24) is 0 Å². The first-order valence-corrected chi connectivity index (χ1v) is 5.86. The summed E-state index contributed by atoms with van der Waals surface area (Å²) in [5, 5.41) is -0.803. The molecule has 12 heavy (non-hydrogen) atoms. The van der Waals surface area contributed by atoms with Crippen molar-refractivity contribution in [1.29, 1.82) is 0 Å². The van der Waals surface area contributed by atoms with Gasteiger partial charge in [0, 0.05) is 12.7 Å². The molecule has 0 aromatic heterocycles. The highest BCUT2D eigenvalue weighted by Gasteiger charge is 2.33. The zero-order valence-corrected chi connectivity index (χ0v) is 7.90. The Kier molecular flexibility index (Phi) is 2.56. The van der Waals surface area contributed by atoms with E-state index in [0.29, 0.717) is 12.8 Å². The van der Waals surface area contributed by atoms with E-state index in [1.807, 2.05) is 0 Å². The smallest absolute Gasteiger partial charge is 0.153 e. The summed E-state index contributed by atoms with van der Waals surface area (Å²) in [5.74, 6) is 0. The summed E-state index contributed by atoms with van der Waals surface area (Å²) in [6, 6.07) is 0. The zero-order valence-electron chi connectivity index (χ0n) is 7.09. The van der Waals surface area contributed by atoms with Crippen molar-refractivity contribution in [3.63, 3.8) is 0 Å². The molecule has 0 aromatic rings. The average Bonchev–Trinajstić information content (AvgIpc) is 1.83. The molecule has 2 atom stereocenters. The molecule has 1 fully saturated rings. The van der Waals surface area contributed by atoms with Gasteiger partial charge >= 0.3 is 0 Å². The van der Waals surface area contributed by atoms with E-state index in [2.05, 4.69) is 6.58 Å². The van der Waals surface area contributed by atoms with Gasteiger partial charge in [0.25, 0.3) is 0 Å². The van der Waals surface area contributed by atoms with E-state index in [0.717, 1.165) is 11.8 Å². The van der Waals surface area contributed by atoms with Gasteiger partial charge in [0.2, 0.25) is 0 Å². The quantitative estimate of drug-likeness (QED) is 0.590. The molecule has 0 amide bonds. The minimum Gasteiger partial charge on any atom is -0.246 e. The molecule has 1 aliphatic carbocycles. The number of alkyl halides is 1. The number of sulfone groups is 1. The lowest BCUT2D eigenvalue weighted by Gasteiger charge is -2.25. The van der Waals surface area contributed by atoms with Crippen LogP contribution in [-0.4, -0.2) is 26.1 Å². The van der Waals surface area contributed by atoms with Gasteiger partial charge in [-0.15, -0.1) is 0 Å².